The molecule has 110 valence electrons. The van der Waals surface area contributed by atoms with Gasteiger partial charge in [0.15, 0.2) is 0 Å². The molecule has 20 heavy (non-hydrogen) atoms. The second-order valence-corrected chi connectivity index (χ2v) is 7.30. The summed E-state index contributed by atoms with van der Waals surface area (Å²) in [6.07, 6.45) is 1.39. The average molecular weight is 314 g/mol. The lowest BCUT2D eigenvalue weighted by Crippen LogP contribution is -2.39. The maximum absolute atomic E-state index is 12.5. The van der Waals surface area contributed by atoms with Gasteiger partial charge in [0.25, 0.3) is 0 Å². The molecule has 1 saturated heterocycles. The molecule has 1 aliphatic heterocycles. The minimum Gasteiger partial charge on any atom is -0.396 e. The van der Waals surface area contributed by atoms with Crippen LogP contribution in [0.5, 0.6) is 0 Å². The first-order valence-electron chi connectivity index (χ1n) is 6.46. The van der Waals surface area contributed by atoms with Crippen LogP contribution in [-0.4, -0.2) is 42.5 Å². The molecule has 0 amide bonds. The van der Waals surface area contributed by atoms with Crippen LogP contribution in [0.4, 0.5) is 0 Å². The van der Waals surface area contributed by atoms with Crippen molar-refractivity contribution in [2.45, 2.75) is 17.7 Å². The molecule has 7 heteroatoms. The van der Waals surface area contributed by atoms with Crippen LogP contribution in [0.25, 0.3) is 0 Å². The number of nitrogens with zero attached hydrogens (tertiary/aromatic N) is 1. The average Bonchev–Trinajstić information content (AvgIpc) is 2.47. The third kappa shape index (κ3) is 3.17. The summed E-state index contributed by atoms with van der Waals surface area (Å²) in [7, 11) is -3.47. The molecule has 1 aromatic carbocycles. The van der Waals surface area contributed by atoms with Gasteiger partial charge in [-0.25, -0.2) is 8.42 Å². The van der Waals surface area contributed by atoms with Gasteiger partial charge in [-0.05, 0) is 30.9 Å². The van der Waals surface area contributed by atoms with Crippen LogP contribution in [0, 0.1) is 5.92 Å². The zero-order chi connectivity index (χ0) is 14.8. The van der Waals surface area contributed by atoms with E-state index in [0.717, 1.165) is 0 Å². The van der Waals surface area contributed by atoms with E-state index in [2.05, 4.69) is 0 Å². The Labute approximate surface area is 124 Å². The summed E-state index contributed by atoms with van der Waals surface area (Å²) < 4.78 is 26.4. The summed E-state index contributed by atoms with van der Waals surface area (Å²) >= 11 is 4.84. The highest BCUT2D eigenvalue weighted by Gasteiger charge is 2.28. The molecule has 1 fully saturated rings. The first-order chi connectivity index (χ1) is 9.45. The first kappa shape index (κ1) is 15.4. The molecule has 0 saturated carbocycles. The zero-order valence-corrected chi connectivity index (χ0v) is 12.7. The number of aliphatic hydroxyl groups is 1. The van der Waals surface area contributed by atoms with Gasteiger partial charge in [-0.2, -0.15) is 4.31 Å². The zero-order valence-electron chi connectivity index (χ0n) is 11.0. The van der Waals surface area contributed by atoms with Gasteiger partial charge in [-0.3, -0.25) is 0 Å². The van der Waals surface area contributed by atoms with Crippen molar-refractivity contribution in [3.05, 3.63) is 29.8 Å². The molecule has 2 rings (SSSR count). The summed E-state index contributed by atoms with van der Waals surface area (Å²) in [5.41, 5.74) is 6.15. The van der Waals surface area contributed by atoms with E-state index in [-0.39, 0.29) is 22.4 Å². The van der Waals surface area contributed by atoms with Crippen molar-refractivity contribution in [1.29, 1.82) is 0 Å². The van der Waals surface area contributed by atoms with Crippen LogP contribution in [-0.2, 0) is 10.0 Å². The summed E-state index contributed by atoms with van der Waals surface area (Å²) in [5.74, 6) is 0.207. The van der Waals surface area contributed by atoms with Crippen molar-refractivity contribution in [1.82, 2.24) is 4.31 Å². The minimum absolute atomic E-state index is 0.122. The standard InChI is InChI=1S/C13H18N2O3S2/c14-13(19)11-1-3-12(4-2-11)20(17,18)15-7-5-10(9-16)6-8-15/h1-4,10,16H,5-9H2,(H2,14,19). The number of piperidine rings is 1. The third-order valence-corrected chi connectivity index (χ3v) is 5.76. The highest BCUT2D eigenvalue weighted by atomic mass is 32.2. The Morgan fingerprint density at radius 1 is 1.30 bits per heavy atom. The predicted octanol–water partition coefficient (Wildman–Crippen LogP) is 0.714. The van der Waals surface area contributed by atoms with E-state index in [0.29, 0.717) is 31.5 Å². The largest absolute Gasteiger partial charge is 0.396 e. The van der Waals surface area contributed by atoms with Crippen molar-refractivity contribution in [3.8, 4) is 0 Å². The van der Waals surface area contributed by atoms with Gasteiger partial charge in [0.05, 0.1) is 4.90 Å². The smallest absolute Gasteiger partial charge is 0.243 e. The second-order valence-electron chi connectivity index (χ2n) is 4.92. The van der Waals surface area contributed by atoms with E-state index < -0.39 is 10.0 Å². The van der Waals surface area contributed by atoms with Gasteiger partial charge in [0.1, 0.15) is 4.99 Å². The molecule has 0 spiro atoms. The number of nitrogens with two attached hydrogens (primary N) is 1. The quantitative estimate of drug-likeness (QED) is 0.800. The summed E-state index contributed by atoms with van der Waals surface area (Å²) in [5, 5.41) is 9.09. The van der Waals surface area contributed by atoms with Crippen LogP contribution >= 0.6 is 12.2 Å². The van der Waals surface area contributed by atoms with Gasteiger partial charge < -0.3 is 10.8 Å². The molecule has 0 bridgehead atoms. The van der Waals surface area contributed by atoms with Crippen LogP contribution in [0.3, 0.4) is 0 Å². The van der Waals surface area contributed by atoms with E-state index >= 15 is 0 Å². The van der Waals surface area contributed by atoms with Crippen molar-refractivity contribution in [2.24, 2.45) is 11.7 Å². The topological polar surface area (TPSA) is 83.6 Å². The highest BCUT2D eigenvalue weighted by molar-refractivity contribution is 7.89. The number of benzene rings is 1. The maximum Gasteiger partial charge on any atom is 0.243 e. The third-order valence-electron chi connectivity index (χ3n) is 3.61. The monoisotopic (exact) mass is 314 g/mol. The fourth-order valence-electron chi connectivity index (χ4n) is 2.27. The molecule has 0 aliphatic carbocycles. The lowest BCUT2D eigenvalue weighted by atomic mass is 10.00. The molecule has 0 radical (unpaired) electrons. The van der Waals surface area contributed by atoms with Crippen molar-refractivity contribution < 1.29 is 13.5 Å². The van der Waals surface area contributed by atoms with E-state index in [9.17, 15) is 8.42 Å². The van der Waals surface area contributed by atoms with Gasteiger partial charge in [0, 0.05) is 25.3 Å². The Balaban J connectivity index is 2.16. The number of rotatable bonds is 4. The van der Waals surface area contributed by atoms with Crippen molar-refractivity contribution in [3.63, 3.8) is 0 Å². The Morgan fingerprint density at radius 3 is 2.30 bits per heavy atom. The molecular weight excluding hydrogens is 296 g/mol. The molecule has 0 atom stereocenters. The SMILES string of the molecule is NC(=S)c1ccc(S(=O)(=O)N2CCC(CO)CC2)cc1. The van der Waals surface area contributed by atoms with E-state index in [1.165, 1.54) is 16.4 Å². The second kappa shape index (κ2) is 6.17. The Morgan fingerprint density at radius 2 is 1.85 bits per heavy atom. The van der Waals surface area contributed by atoms with Crippen molar-refractivity contribution >= 4 is 27.2 Å². The molecular formula is C13H18N2O3S2. The number of aliphatic hydroxyl groups excluding tert-OH is 1. The molecule has 1 heterocycles. The maximum atomic E-state index is 12.5. The van der Waals surface area contributed by atoms with Crippen LogP contribution < -0.4 is 5.73 Å². The van der Waals surface area contributed by atoms with E-state index in [1.807, 2.05) is 0 Å². The number of thiocarbonyl (C=S) groups is 1. The molecule has 1 aliphatic rings. The normalized spacial score (nSPS) is 18.1. The number of sulfonamides is 1. The number of hydrogen-bond acceptors (Lipinski definition) is 4. The van der Waals surface area contributed by atoms with E-state index in [4.69, 9.17) is 23.1 Å². The summed E-state index contributed by atoms with van der Waals surface area (Å²) in [6.45, 7) is 1.02. The van der Waals surface area contributed by atoms with E-state index in [1.54, 1.807) is 12.1 Å². The molecule has 0 aromatic heterocycles. The minimum atomic E-state index is -3.47. The van der Waals surface area contributed by atoms with Gasteiger partial charge in [-0.15, -0.1) is 0 Å². The lowest BCUT2D eigenvalue weighted by molar-refractivity contribution is 0.170. The molecule has 3 N–H and O–H groups in total. The molecule has 5 nitrogen and oxygen atoms in total. The first-order valence-corrected chi connectivity index (χ1v) is 8.31. The summed E-state index contributed by atoms with van der Waals surface area (Å²) in [4.78, 5) is 0.498. The molecule has 0 unspecified atom stereocenters. The Hall–Kier alpha value is -1.02. The van der Waals surface area contributed by atoms with Gasteiger partial charge in [0.2, 0.25) is 10.0 Å². The van der Waals surface area contributed by atoms with Crippen LogP contribution in [0.1, 0.15) is 18.4 Å². The Kier molecular flexibility index (Phi) is 4.74. The van der Waals surface area contributed by atoms with Gasteiger partial charge in [-0.1, -0.05) is 24.4 Å². The lowest BCUT2D eigenvalue weighted by Gasteiger charge is -2.30. The highest BCUT2D eigenvalue weighted by Crippen LogP contribution is 2.23. The van der Waals surface area contributed by atoms with Gasteiger partial charge >= 0.3 is 0 Å². The fraction of sp³-hybridized carbons (Fsp3) is 0.462. The number of hydrogen-bond donors (Lipinski definition) is 2. The van der Waals surface area contributed by atoms with Crippen molar-refractivity contribution in [2.75, 3.05) is 19.7 Å². The summed E-state index contributed by atoms with van der Waals surface area (Å²) in [6, 6.07) is 6.30. The van der Waals surface area contributed by atoms with Crippen LogP contribution in [0.2, 0.25) is 0 Å². The Bertz CT molecular complexity index is 576. The van der Waals surface area contributed by atoms with Crippen LogP contribution in [0.15, 0.2) is 29.2 Å². The predicted molar refractivity (Wildman–Crippen MR) is 80.9 cm³/mol. The molecule has 1 aromatic rings. The fourth-order valence-corrected chi connectivity index (χ4v) is 3.88.